The van der Waals surface area contributed by atoms with Crippen molar-refractivity contribution in [2.24, 2.45) is 0 Å². The largest absolute Gasteiger partial charge is 0.399 e. The van der Waals surface area contributed by atoms with Crippen molar-refractivity contribution in [2.75, 3.05) is 18.8 Å². The predicted molar refractivity (Wildman–Crippen MR) is 108 cm³/mol. The number of nitrogens with two attached hydrogens (primary N) is 1. The Morgan fingerprint density at radius 1 is 1.20 bits per heavy atom. The van der Waals surface area contributed by atoms with Gasteiger partial charge in [0.1, 0.15) is 0 Å². The Morgan fingerprint density at radius 2 is 1.92 bits per heavy atom. The molecule has 3 N–H and O–H groups in total. The molecule has 2 aromatic rings. The molecule has 1 amide bonds. The lowest BCUT2D eigenvalue weighted by Crippen LogP contribution is -2.37. The number of amides is 1. The fourth-order valence-corrected chi connectivity index (χ4v) is 3.08. The van der Waals surface area contributed by atoms with E-state index in [1.165, 1.54) is 5.56 Å². The van der Waals surface area contributed by atoms with Crippen LogP contribution in [0.3, 0.4) is 0 Å². The van der Waals surface area contributed by atoms with Crippen LogP contribution in [0.2, 0.25) is 0 Å². The maximum Gasteiger partial charge on any atom is 0.251 e. The van der Waals surface area contributed by atoms with E-state index in [0.29, 0.717) is 11.3 Å². The van der Waals surface area contributed by atoms with E-state index in [9.17, 15) is 4.79 Å². The highest BCUT2D eigenvalue weighted by atomic mass is 35.5. The third-order valence-corrected chi connectivity index (χ3v) is 4.36. The third-order valence-electron chi connectivity index (χ3n) is 4.36. The number of nitrogens with one attached hydrogen (secondary N) is 1. The van der Waals surface area contributed by atoms with E-state index >= 15 is 0 Å². The van der Waals surface area contributed by atoms with Crippen molar-refractivity contribution in [2.45, 2.75) is 25.9 Å². The van der Waals surface area contributed by atoms with E-state index in [1.807, 2.05) is 25.1 Å². The minimum Gasteiger partial charge on any atom is -0.399 e. The van der Waals surface area contributed by atoms with Crippen LogP contribution in [0.4, 0.5) is 5.69 Å². The molecular formula is C19H25Cl2N3O. The molecule has 1 fully saturated rings. The van der Waals surface area contributed by atoms with Gasteiger partial charge in [0.2, 0.25) is 0 Å². The van der Waals surface area contributed by atoms with Gasteiger partial charge in [-0.2, -0.15) is 0 Å². The Kier molecular flexibility index (Phi) is 8.23. The topological polar surface area (TPSA) is 58.4 Å². The van der Waals surface area contributed by atoms with Crippen molar-refractivity contribution in [3.8, 4) is 0 Å². The Bertz CT molecular complexity index is 694. The van der Waals surface area contributed by atoms with Gasteiger partial charge in [0, 0.05) is 36.9 Å². The second-order valence-electron chi connectivity index (χ2n) is 6.25. The molecule has 0 spiro atoms. The zero-order chi connectivity index (χ0) is 16.2. The van der Waals surface area contributed by atoms with Crippen molar-refractivity contribution in [3.05, 3.63) is 65.2 Å². The van der Waals surface area contributed by atoms with Crippen molar-refractivity contribution in [3.63, 3.8) is 0 Å². The zero-order valence-corrected chi connectivity index (χ0v) is 15.9. The first-order chi connectivity index (χ1) is 11.1. The lowest BCUT2D eigenvalue weighted by atomic mass is 10.1. The number of likely N-dealkylation sites (tertiary alicyclic amines) is 1. The molecule has 1 unspecified atom stereocenters. The van der Waals surface area contributed by atoms with Gasteiger partial charge in [-0.3, -0.25) is 9.69 Å². The number of hydrogen-bond donors (Lipinski definition) is 2. The highest BCUT2D eigenvalue weighted by Gasteiger charge is 2.24. The van der Waals surface area contributed by atoms with Crippen molar-refractivity contribution in [1.82, 2.24) is 10.2 Å². The van der Waals surface area contributed by atoms with Gasteiger partial charge in [-0.1, -0.05) is 36.4 Å². The summed E-state index contributed by atoms with van der Waals surface area (Å²) in [5.41, 5.74) is 9.35. The monoisotopic (exact) mass is 381 g/mol. The number of aryl methyl sites for hydroxylation is 1. The van der Waals surface area contributed by atoms with Crippen LogP contribution in [-0.2, 0) is 6.54 Å². The van der Waals surface area contributed by atoms with Crippen molar-refractivity contribution < 1.29 is 4.79 Å². The predicted octanol–water partition coefficient (Wildman–Crippen LogP) is 3.43. The standard InChI is InChI=1S/C19H23N3O.2ClH/c1-14-7-8-16(20)11-18(14)19(23)21-17-9-10-22(13-17)12-15-5-3-2-4-6-15;;/h2-8,11,17H,9-10,12-13,20H2,1H3,(H,21,23);2*1H. The normalized spacial score (nSPS) is 16.6. The first kappa shape index (κ1) is 21.3. The first-order valence-corrected chi connectivity index (χ1v) is 8.05. The molecule has 0 bridgehead atoms. The highest BCUT2D eigenvalue weighted by molar-refractivity contribution is 5.96. The lowest BCUT2D eigenvalue weighted by molar-refractivity contribution is 0.0937. The van der Waals surface area contributed by atoms with Gasteiger partial charge in [0.05, 0.1) is 0 Å². The summed E-state index contributed by atoms with van der Waals surface area (Å²) in [6, 6.07) is 16.1. The molecule has 6 heteroatoms. The van der Waals surface area contributed by atoms with Crippen molar-refractivity contribution >= 4 is 36.4 Å². The number of halogens is 2. The summed E-state index contributed by atoms with van der Waals surface area (Å²) in [5, 5.41) is 3.14. The Labute approximate surface area is 161 Å². The fourth-order valence-electron chi connectivity index (χ4n) is 3.08. The molecule has 1 aliphatic heterocycles. The summed E-state index contributed by atoms with van der Waals surface area (Å²) in [6.07, 6.45) is 0.986. The Balaban J connectivity index is 0.00000156. The third kappa shape index (κ3) is 5.63. The van der Waals surface area contributed by atoms with E-state index < -0.39 is 0 Å². The highest BCUT2D eigenvalue weighted by Crippen LogP contribution is 2.16. The van der Waals surface area contributed by atoms with Gasteiger partial charge < -0.3 is 11.1 Å². The summed E-state index contributed by atoms with van der Waals surface area (Å²) >= 11 is 0. The zero-order valence-electron chi connectivity index (χ0n) is 14.3. The lowest BCUT2D eigenvalue weighted by Gasteiger charge is -2.17. The number of benzene rings is 2. The quantitative estimate of drug-likeness (QED) is 0.797. The molecule has 3 rings (SSSR count). The van der Waals surface area contributed by atoms with Crippen LogP contribution in [-0.4, -0.2) is 29.9 Å². The molecule has 1 aliphatic rings. The molecule has 0 aromatic heterocycles. The summed E-state index contributed by atoms with van der Waals surface area (Å²) < 4.78 is 0. The van der Waals surface area contributed by atoms with Crippen LogP contribution in [0.25, 0.3) is 0 Å². The number of hydrogen-bond acceptors (Lipinski definition) is 3. The number of anilines is 1. The van der Waals surface area contributed by atoms with E-state index in [2.05, 4.69) is 34.5 Å². The minimum absolute atomic E-state index is 0. The van der Waals surface area contributed by atoms with Gasteiger partial charge in [0.15, 0.2) is 0 Å². The van der Waals surface area contributed by atoms with Crippen LogP contribution in [0.5, 0.6) is 0 Å². The van der Waals surface area contributed by atoms with Crippen LogP contribution >= 0.6 is 24.8 Å². The molecule has 4 nitrogen and oxygen atoms in total. The maximum atomic E-state index is 12.5. The van der Waals surface area contributed by atoms with Crippen LogP contribution in [0.15, 0.2) is 48.5 Å². The number of nitrogen functional groups attached to an aromatic ring is 1. The average molecular weight is 382 g/mol. The number of rotatable bonds is 4. The molecule has 2 aromatic carbocycles. The molecule has 1 saturated heterocycles. The van der Waals surface area contributed by atoms with E-state index in [-0.39, 0.29) is 36.8 Å². The summed E-state index contributed by atoms with van der Waals surface area (Å²) in [6.45, 7) is 4.77. The Hall–Kier alpha value is -1.75. The van der Waals surface area contributed by atoms with Gasteiger partial charge in [-0.15, -0.1) is 24.8 Å². The van der Waals surface area contributed by atoms with Gasteiger partial charge in [0.25, 0.3) is 5.91 Å². The molecule has 136 valence electrons. The maximum absolute atomic E-state index is 12.5. The smallest absolute Gasteiger partial charge is 0.251 e. The number of carbonyl (C=O) groups excluding carboxylic acids is 1. The number of nitrogens with zero attached hydrogens (tertiary/aromatic N) is 1. The second-order valence-corrected chi connectivity index (χ2v) is 6.25. The second kappa shape index (κ2) is 9.66. The summed E-state index contributed by atoms with van der Waals surface area (Å²) in [7, 11) is 0. The molecule has 0 saturated carbocycles. The molecule has 1 heterocycles. The van der Waals surface area contributed by atoms with Gasteiger partial charge >= 0.3 is 0 Å². The molecule has 0 radical (unpaired) electrons. The Morgan fingerprint density at radius 3 is 2.64 bits per heavy atom. The summed E-state index contributed by atoms with van der Waals surface area (Å²) in [4.78, 5) is 14.8. The number of carbonyl (C=O) groups is 1. The van der Waals surface area contributed by atoms with Gasteiger partial charge in [-0.05, 0) is 36.6 Å². The molecule has 0 aliphatic carbocycles. The minimum atomic E-state index is -0.0265. The van der Waals surface area contributed by atoms with Gasteiger partial charge in [-0.25, -0.2) is 0 Å². The average Bonchev–Trinajstić information content (AvgIpc) is 2.97. The first-order valence-electron chi connectivity index (χ1n) is 8.05. The fraction of sp³-hybridized carbons (Fsp3) is 0.316. The molecule has 1 atom stereocenters. The van der Waals surface area contributed by atoms with E-state index in [1.54, 1.807) is 6.07 Å². The van der Waals surface area contributed by atoms with Crippen LogP contribution < -0.4 is 11.1 Å². The SMILES string of the molecule is Cc1ccc(N)cc1C(=O)NC1CCN(Cc2ccccc2)C1.Cl.Cl. The van der Waals surface area contributed by atoms with E-state index in [0.717, 1.165) is 31.6 Å². The van der Waals surface area contributed by atoms with Crippen LogP contribution in [0.1, 0.15) is 27.9 Å². The van der Waals surface area contributed by atoms with Crippen molar-refractivity contribution in [1.29, 1.82) is 0 Å². The molecule has 25 heavy (non-hydrogen) atoms. The van der Waals surface area contributed by atoms with E-state index in [4.69, 9.17) is 5.73 Å². The molecular weight excluding hydrogens is 357 g/mol. The summed E-state index contributed by atoms with van der Waals surface area (Å²) in [5.74, 6) is -0.0265. The van der Waals surface area contributed by atoms with Crippen LogP contribution in [0, 0.1) is 6.92 Å².